The molecule has 5 heteroatoms. The molecule has 0 aliphatic carbocycles. The van der Waals surface area contributed by atoms with Gasteiger partial charge in [0.25, 0.3) is 5.91 Å². The number of aryl methyl sites for hydroxylation is 2. The summed E-state index contributed by atoms with van der Waals surface area (Å²) in [6.45, 7) is 6.42. The molecule has 0 atom stereocenters. The van der Waals surface area contributed by atoms with Gasteiger partial charge in [-0.25, -0.2) is 5.43 Å². The number of nitrogens with zero attached hydrogens (tertiary/aromatic N) is 3. The third kappa shape index (κ3) is 5.10. The van der Waals surface area contributed by atoms with Gasteiger partial charge in [0.2, 0.25) is 0 Å². The number of amides is 1. The van der Waals surface area contributed by atoms with E-state index in [4.69, 9.17) is 0 Å². The number of carbonyl (C=O) groups excluding carboxylic acids is 1. The van der Waals surface area contributed by atoms with Gasteiger partial charge in [0.1, 0.15) is 0 Å². The number of anilines is 1. The van der Waals surface area contributed by atoms with Crippen molar-refractivity contribution < 1.29 is 4.79 Å². The first kappa shape index (κ1) is 23.6. The van der Waals surface area contributed by atoms with Crippen molar-refractivity contribution in [2.75, 3.05) is 18.0 Å². The molecule has 1 aliphatic rings. The SMILES string of the molecule is Cc1cc(N2CCCCC2)ccc1/C=N/NC(=O)c1ccc(-n2c(C)ccc2-c2ccccc2)cc1. The van der Waals surface area contributed by atoms with Crippen LogP contribution in [-0.2, 0) is 0 Å². The lowest BCUT2D eigenvalue weighted by atomic mass is 10.1. The summed E-state index contributed by atoms with van der Waals surface area (Å²) >= 11 is 0. The van der Waals surface area contributed by atoms with Gasteiger partial charge in [-0.3, -0.25) is 4.79 Å². The first-order chi connectivity index (χ1) is 17.6. The molecule has 182 valence electrons. The topological polar surface area (TPSA) is 49.6 Å². The van der Waals surface area contributed by atoms with Gasteiger partial charge in [0.15, 0.2) is 0 Å². The number of hydrazone groups is 1. The van der Waals surface area contributed by atoms with E-state index >= 15 is 0 Å². The van der Waals surface area contributed by atoms with Crippen molar-refractivity contribution in [1.82, 2.24) is 9.99 Å². The molecule has 36 heavy (non-hydrogen) atoms. The van der Waals surface area contributed by atoms with Gasteiger partial charge < -0.3 is 9.47 Å². The summed E-state index contributed by atoms with van der Waals surface area (Å²) in [5.41, 5.74) is 11.1. The Morgan fingerprint density at radius 2 is 1.56 bits per heavy atom. The second kappa shape index (κ2) is 10.6. The van der Waals surface area contributed by atoms with Crippen LogP contribution in [0.15, 0.2) is 90.0 Å². The predicted octanol–water partition coefficient (Wildman–Crippen LogP) is 6.52. The van der Waals surface area contributed by atoms with E-state index in [2.05, 4.69) is 76.3 Å². The molecule has 1 saturated heterocycles. The number of piperidine rings is 1. The molecule has 1 aromatic heterocycles. The van der Waals surface area contributed by atoms with Crippen molar-refractivity contribution >= 4 is 17.8 Å². The Bertz CT molecular complexity index is 1360. The monoisotopic (exact) mass is 476 g/mol. The maximum atomic E-state index is 12.7. The van der Waals surface area contributed by atoms with Crippen molar-refractivity contribution in [2.24, 2.45) is 5.10 Å². The lowest BCUT2D eigenvalue weighted by Crippen LogP contribution is -2.29. The standard InChI is InChI=1S/C31H32N4O/c1-23-21-29(34-19-7-4-8-20-34)17-14-27(23)22-32-33-31(36)26-12-15-28(16-13-26)35-24(2)11-18-30(35)25-9-5-3-6-10-25/h3,5-6,9-18,21-22H,4,7-8,19-20H2,1-2H3,(H,33,36)/b32-22+. The zero-order valence-corrected chi connectivity index (χ0v) is 20.9. The summed E-state index contributed by atoms with van der Waals surface area (Å²) in [7, 11) is 0. The first-order valence-electron chi connectivity index (χ1n) is 12.6. The molecule has 5 nitrogen and oxygen atoms in total. The largest absolute Gasteiger partial charge is 0.372 e. The van der Waals surface area contributed by atoms with Crippen LogP contribution in [0.4, 0.5) is 5.69 Å². The van der Waals surface area contributed by atoms with Gasteiger partial charge in [0.05, 0.1) is 11.9 Å². The van der Waals surface area contributed by atoms with E-state index in [9.17, 15) is 4.79 Å². The minimum atomic E-state index is -0.229. The summed E-state index contributed by atoms with van der Waals surface area (Å²) in [4.78, 5) is 15.1. The molecule has 0 bridgehead atoms. The summed E-state index contributed by atoms with van der Waals surface area (Å²) in [6.07, 6.45) is 5.56. The zero-order valence-electron chi connectivity index (χ0n) is 20.9. The highest BCUT2D eigenvalue weighted by molar-refractivity contribution is 5.95. The summed E-state index contributed by atoms with van der Waals surface area (Å²) in [5, 5.41) is 4.22. The van der Waals surface area contributed by atoms with Crippen LogP contribution in [-0.4, -0.2) is 29.8 Å². The van der Waals surface area contributed by atoms with Crippen LogP contribution < -0.4 is 10.3 Å². The molecule has 1 fully saturated rings. The Kier molecular flexibility index (Phi) is 6.99. The van der Waals surface area contributed by atoms with Crippen molar-refractivity contribution in [3.05, 3.63) is 107 Å². The molecule has 1 N–H and O–H groups in total. The minimum absolute atomic E-state index is 0.229. The lowest BCUT2D eigenvalue weighted by Gasteiger charge is -2.29. The van der Waals surface area contributed by atoms with E-state index in [1.807, 2.05) is 42.5 Å². The Labute approximate surface area is 213 Å². The van der Waals surface area contributed by atoms with Gasteiger partial charge >= 0.3 is 0 Å². The predicted molar refractivity (Wildman–Crippen MR) is 148 cm³/mol. The van der Waals surface area contributed by atoms with Crippen LogP contribution in [0.25, 0.3) is 16.9 Å². The van der Waals surface area contributed by atoms with Gasteiger partial charge in [-0.15, -0.1) is 0 Å². The van der Waals surface area contributed by atoms with Gasteiger partial charge in [0, 0.05) is 35.7 Å². The molecule has 0 unspecified atom stereocenters. The van der Waals surface area contributed by atoms with E-state index in [1.165, 1.54) is 24.9 Å². The Hall–Kier alpha value is -4.12. The fourth-order valence-electron chi connectivity index (χ4n) is 4.86. The molecular formula is C31H32N4O. The Morgan fingerprint density at radius 3 is 2.28 bits per heavy atom. The normalized spacial score (nSPS) is 13.8. The smallest absolute Gasteiger partial charge is 0.271 e. The van der Waals surface area contributed by atoms with Crippen LogP contribution in [0.1, 0.15) is 46.4 Å². The second-order valence-electron chi connectivity index (χ2n) is 9.40. The van der Waals surface area contributed by atoms with Crippen LogP contribution in [0.5, 0.6) is 0 Å². The van der Waals surface area contributed by atoms with Gasteiger partial charge in [-0.1, -0.05) is 36.4 Å². The Morgan fingerprint density at radius 1 is 0.833 bits per heavy atom. The van der Waals surface area contributed by atoms with Crippen LogP contribution in [0.2, 0.25) is 0 Å². The minimum Gasteiger partial charge on any atom is -0.372 e. The fraction of sp³-hybridized carbons (Fsp3) is 0.226. The van der Waals surface area contributed by atoms with Gasteiger partial charge in [-0.05, 0) is 98.3 Å². The number of hydrogen-bond donors (Lipinski definition) is 1. The molecule has 1 amide bonds. The fourth-order valence-corrected chi connectivity index (χ4v) is 4.86. The molecule has 3 aromatic carbocycles. The summed E-state index contributed by atoms with van der Waals surface area (Å²) in [5.74, 6) is -0.229. The molecule has 1 aliphatic heterocycles. The second-order valence-corrected chi connectivity index (χ2v) is 9.40. The molecule has 2 heterocycles. The third-order valence-corrected chi connectivity index (χ3v) is 6.88. The van der Waals surface area contributed by atoms with E-state index in [0.29, 0.717) is 5.56 Å². The molecular weight excluding hydrogens is 444 g/mol. The number of hydrogen-bond acceptors (Lipinski definition) is 3. The summed E-state index contributed by atoms with van der Waals surface area (Å²) in [6, 6.07) is 28.6. The highest BCUT2D eigenvalue weighted by Gasteiger charge is 2.12. The molecule has 0 radical (unpaired) electrons. The average Bonchev–Trinajstić information content (AvgIpc) is 3.31. The lowest BCUT2D eigenvalue weighted by molar-refractivity contribution is 0.0955. The van der Waals surface area contributed by atoms with Crippen LogP contribution >= 0.6 is 0 Å². The molecule has 0 saturated carbocycles. The number of benzene rings is 3. The molecule has 5 rings (SSSR count). The van der Waals surface area contributed by atoms with Crippen molar-refractivity contribution in [3.8, 4) is 16.9 Å². The summed E-state index contributed by atoms with van der Waals surface area (Å²) < 4.78 is 2.20. The average molecular weight is 477 g/mol. The van der Waals surface area contributed by atoms with E-state index in [0.717, 1.165) is 46.9 Å². The highest BCUT2D eigenvalue weighted by Crippen LogP contribution is 2.26. The number of carbonyl (C=O) groups is 1. The number of rotatable bonds is 6. The van der Waals surface area contributed by atoms with E-state index in [1.54, 1.807) is 6.21 Å². The zero-order chi connectivity index (χ0) is 24.9. The van der Waals surface area contributed by atoms with Gasteiger partial charge in [-0.2, -0.15) is 5.10 Å². The molecule has 4 aromatic rings. The quantitative estimate of drug-likeness (QED) is 0.255. The van der Waals surface area contributed by atoms with Crippen molar-refractivity contribution in [3.63, 3.8) is 0 Å². The van der Waals surface area contributed by atoms with Crippen LogP contribution in [0.3, 0.4) is 0 Å². The van der Waals surface area contributed by atoms with Crippen molar-refractivity contribution in [2.45, 2.75) is 33.1 Å². The highest BCUT2D eigenvalue weighted by atomic mass is 16.2. The maximum Gasteiger partial charge on any atom is 0.271 e. The maximum absolute atomic E-state index is 12.7. The molecule has 0 spiro atoms. The van der Waals surface area contributed by atoms with Crippen molar-refractivity contribution in [1.29, 1.82) is 0 Å². The first-order valence-corrected chi connectivity index (χ1v) is 12.6. The van der Waals surface area contributed by atoms with E-state index < -0.39 is 0 Å². The Balaban J connectivity index is 1.25. The number of nitrogens with one attached hydrogen (secondary N) is 1. The third-order valence-electron chi connectivity index (χ3n) is 6.88. The number of aromatic nitrogens is 1. The van der Waals surface area contributed by atoms with Crippen LogP contribution in [0, 0.1) is 13.8 Å². The van der Waals surface area contributed by atoms with E-state index in [-0.39, 0.29) is 5.91 Å².